The summed E-state index contributed by atoms with van der Waals surface area (Å²) >= 11 is 1.92. The Kier molecular flexibility index (Phi) is 6.97. The first-order valence-electron chi connectivity index (χ1n) is 17.5. The molecule has 9 aromatic rings. The highest BCUT2D eigenvalue weighted by Crippen LogP contribution is 2.58. The normalized spacial score (nSPS) is 12.9. The van der Waals surface area contributed by atoms with Crippen LogP contribution in [0.1, 0.15) is 22.3 Å². The van der Waals surface area contributed by atoms with Crippen molar-refractivity contribution < 1.29 is 0 Å². The predicted molar refractivity (Wildman–Crippen MR) is 217 cm³/mol. The maximum atomic E-state index is 2.43. The molecule has 0 bridgehead atoms. The van der Waals surface area contributed by atoms with Crippen molar-refractivity contribution in [1.82, 2.24) is 0 Å². The molecule has 1 aromatic heterocycles. The van der Waals surface area contributed by atoms with Crippen LogP contribution in [0.25, 0.3) is 42.4 Å². The zero-order valence-electron chi connectivity index (χ0n) is 27.9. The molecule has 1 heterocycles. The van der Waals surface area contributed by atoms with Crippen molar-refractivity contribution in [3.8, 4) is 22.3 Å². The smallest absolute Gasteiger partial charge is 0.0727 e. The van der Waals surface area contributed by atoms with Crippen molar-refractivity contribution in [2.75, 3.05) is 4.90 Å². The van der Waals surface area contributed by atoms with Gasteiger partial charge in [0.05, 0.1) is 15.8 Å². The Morgan fingerprint density at radius 1 is 0.373 bits per heavy atom. The van der Waals surface area contributed by atoms with Gasteiger partial charge in [0, 0.05) is 26.8 Å². The first-order chi connectivity index (χ1) is 25.3. The molecule has 0 amide bonds. The summed E-state index contributed by atoms with van der Waals surface area (Å²) in [5, 5.41) is 2.56. The fraction of sp³-hybridized carbons (Fsp3) is 0.0204. The standard InChI is InChI=1S/C49H33NS/c1-4-17-34(18-5-1)35-19-14-24-38(33-35)50(37-22-8-3-9-23-37)46-32-16-28-42-41-27-15-31-45(47(41)51-48(42)46)49(36-20-6-2-7-21-36)43-29-12-10-25-39(43)40-26-11-13-30-44(40)49/h1-33H. The summed E-state index contributed by atoms with van der Waals surface area (Å²) in [6, 6.07) is 73.3. The Labute approximate surface area is 302 Å². The van der Waals surface area contributed by atoms with Gasteiger partial charge in [-0.1, -0.05) is 170 Å². The number of hydrogen-bond acceptors (Lipinski definition) is 2. The molecular weight excluding hydrogens is 635 g/mol. The lowest BCUT2D eigenvalue weighted by Crippen LogP contribution is -2.28. The molecule has 1 aliphatic carbocycles. The van der Waals surface area contributed by atoms with Crippen LogP contribution in [0.15, 0.2) is 200 Å². The van der Waals surface area contributed by atoms with Crippen LogP contribution in [-0.2, 0) is 5.41 Å². The fourth-order valence-electron chi connectivity index (χ4n) is 8.42. The average Bonchev–Trinajstić information content (AvgIpc) is 3.74. The maximum absolute atomic E-state index is 2.43. The van der Waals surface area contributed by atoms with E-state index in [1.54, 1.807) is 0 Å². The van der Waals surface area contributed by atoms with E-state index in [0.29, 0.717) is 0 Å². The van der Waals surface area contributed by atoms with Crippen LogP contribution < -0.4 is 4.90 Å². The highest BCUT2D eigenvalue weighted by atomic mass is 32.1. The lowest BCUT2D eigenvalue weighted by atomic mass is 9.67. The van der Waals surface area contributed by atoms with Crippen LogP contribution >= 0.6 is 11.3 Å². The SMILES string of the molecule is c1ccc(-c2cccc(N(c3ccccc3)c3cccc4c3sc3c(C5(c6ccccc6)c6ccccc6-c6ccccc65)cccc34)c2)cc1. The van der Waals surface area contributed by atoms with Crippen molar-refractivity contribution in [2.45, 2.75) is 5.41 Å². The molecule has 8 aromatic carbocycles. The van der Waals surface area contributed by atoms with E-state index in [2.05, 4.69) is 205 Å². The van der Waals surface area contributed by atoms with Crippen molar-refractivity contribution in [1.29, 1.82) is 0 Å². The Morgan fingerprint density at radius 2 is 0.882 bits per heavy atom. The molecular formula is C49H33NS. The first kappa shape index (κ1) is 29.7. The predicted octanol–water partition coefficient (Wildman–Crippen LogP) is 13.6. The lowest BCUT2D eigenvalue weighted by molar-refractivity contribution is 0.778. The van der Waals surface area contributed by atoms with E-state index in [1.165, 1.54) is 70.4 Å². The monoisotopic (exact) mass is 667 g/mol. The molecule has 0 aliphatic heterocycles. The Morgan fingerprint density at radius 3 is 1.59 bits per heavy atom. The third-order valence-electron chi connectivity index (χ3n) is 10.5. The van der Waals surface area contributed by atoms with E-state index in [9.17, 15) is 0 Å². The van der Waals surface area contributed by atoms with Crippen molar-refractivity contribution in [3.63, 3.8) is 0 Å². The van der Waals surface area contributed by atoms with Gasteiger partial charge in [-0.25, -0.2) is 0 Å². The van der Waals surface area contributed by atoms with E-state index < -0.39 is 5.41 Å². The summed E-state index contributed by atoms with van der Waals surface area (Å²) < 4.78 is 2.60. The molecule has 51 heavy (non-hydrogen) atoms. The third-order valence-corrected chi connectivity index (χ3v) is 11.8. The number of thiophene rings is 1. The summed E-state index contributed by atoms with van der Waals surface area (Å²) in [6.07, 6.45) is 0. The molecule has 0 radical (unpaired) electrons. The van der Waals surface area contributed by atoms with Crippen LogP contribution in [0.5, 0.6) is 0 Å². The number of anilines is 3. The Bertz CT molecular complexity index is 2650. The summed E-state index contributed by atoms with van der Waals surface area (Å²) in [7, 11) is 0. The zero-order valence-corrected chi connectivity index (χ0v) is 28.7. The van der Waals surface area contributed by atoms with Gasteiger partial charge < -0.3 is 4.90 Å². The molecule has 0 spiro atoms. The Hall–Kier alpha value is -6.22. The lowest BCUT2D eigenvalue weighted by Gasteiger charge is -2.34. The van der Waals surface area contributed by atoms with Crippen LogP contribution in [0, 0.1) is 0 Å². The molecule has 2 heteroatoms. The largest absolute Gasteiger partial charge is 0.309 e. The summed E-state index contributed by atoms with van der Waals surface area (Å²) in [5.41, 5.74) is 13.3. The van der Waals surface area contributed by atoms with Crippen molar-refractivity contribution in [3.05, 3.63) is 222 Å². The second-order valence-electron chi connectivity index (χ2n) is 13.2. The van der Waals surface area contributed by atoms with Gasteiger partial charge >= 0.3 is 0 Å². The van der Waals surface area contributed by atoms with Gasteiger partial charge in [0.25, 0.3) is 0 Å². The van der Waals surface area contributed by atoms with Crippen LogP contribution in [0.4, 0.5) is 17.1 Å². The molecule has 0 saturated carbocycles. The van der Waals surface area contributed by atoms with E-state index in [0.717, 1.165) is 11.4 Å². The number of para-hydroxylation sites is 1. The summed E-state index contributed by atoms with van der Waals surface area (Å²) in [4.78, 5) is 2.43. The summed E-state index contributed by atoms with van der Waals surface area (Å²) in [5.74, 6) is 0. The van der Waals surface area contributed by atoms with E-state index in [-0.39, 0.29) is 0 Å². The molecule has 0 N–H and O–H groups in total. The molecule has 1 nitrogen and oxygen atoms in total. The van der Waals surface area contributed by atoms with Crippen molar-refractivity contribution >= 4 is 48.6 Å². The second-order valence-corrected chi connectivity index (χ2v) is 14.3. The minimum Gasteiger partial charge on any atom is -0.309 e. The van der Waals surface area contributed by atoms with Crippen molar-refractivity contribution in [2.24, 2.45) is 0 Å². The van der Waals surface area contributed by atoms with E-state index in [1.807, 2.05) is 11.3 Å². The number of rotatable bonds is 6. The molecule has 240 valence electrons. The topological polar surface area (TPSA) is 3.24 Å². The molecule has 0 atom stereocenters. The highest BCUT2D eigenvalue weighted by Gasteiger charge is 2.47. The molecule has 0 fully saturated rings. The number of fused-ring (bicyclic) bond motifs is 6. The first-order valence-corrected chi connectivity index (χ1v) is 18.3. The minimum absolute atomic E-state index is 0.460. The van der Waals surface area contributed by atoms with Gasteiger partial charge in [0.15, 0.2) is 0 Å². The maximum Gasteiger partial charge on any atom is 0.0727 e. The minimum atomic E-state index is -0.460. The van der Waals surface area contributed by atoms with Gasteiger partial charge in [-0.2, -0.15) is 0 Å². The molecule has 0 unspecified atom stereocenters. The molecule has 10 rings (SSSR count). The van der Waals surface area contributed by atoms with Gasteiger partial charge in [-0.3, -0.25) is 0 Å². The van der Waals surface area contributed by atoms with Gasteiger partial charge in [0.1, 0.15) is 0 Å². The van der Waals surface area contributed by atoms with Gasteiger partial charge in [-0.05, 0) is 74.8 Å². The fourth-order valence-corrected chi connectivity index (χ4v) is 9.79. The van der Waals surface area contributed by atoms with Gasteiger partial charge in [0.2, 0.25) is 0 Å². The van der Waals surface area contributed by atoms with E-state index >= 15 is 0 Å². The van der Waals surface area contributed by atoms with E-state index in [4.69, 9.17) is 0 Å². The second kappa shape index (κ2) is 12.0. The highest BCUT2D eigenvalue weighted by molar-refractivity contribution is 7.26. The zero-order chi connectivity index (χ0) is 33.8. The number of benzene rings is 8. The number of nitrogens with zero attached hydrogens (tertiary/aromatic N) is 1. The number of hydrogen-bond donors (Lipinski definition) is 0. The third kappa shape index (κ3) is 4.54. The summed E-state index contributed by atoms with van der Waals surface area (Å²) in [6.45, 7) is 0. The van der Waals surface area contributed by atoms with Crippen LogP contribution in [-0.4, -0.2) is 0 Å². The van der Waals surface area contributed by atoms with Crippen LogP contribution in [0.2, 0.25) is 0 Å². The quantitative estimate of drug-likeness (QED) is 0.171. The van der Waals surface area contributed by atoms with Crippen LogP contribution in [0.3, 0.4) is 0 Å². The molecule has 1 aliphatic rings. The Balaban J connectivity index is 1.26. The molecule has 0 saturated heterocycles. The average molecular weight is 668 g/mol. The van der Waals surface area contributed by atoms with Gasteiger partial charge in [-0.15, -0.1) is 11.3 Å².